The van der Waals surface area contributed by atoms with E-state index in [1.807, 2.05) is 0 Å². The van der Waals surface area contributed by atoms with Crippen molar-refractivity contribution in [2.75, 3.05) is 6.54 Å². The van der Waals surface area contributed by atoms with Crippen molar-refractivity contribution in [2.45, 2.75) is 25.4 Å². The number of benzene rings is 1. The van der Waals surface area contributed by atoms with Gasteiger partial charge in [0.15, 0.2) is 0 Å². The molecule has 0 aromatic heterocycles. The Morgan fingerprint density at radius 1 is 1.29 bits per heavy atom. The van der Waals surface area contributed by atoms with Crippen LogP contribution in [0, 0.1) is 0 Å². The van der Waals surface area contributed by atoms with E-state index >= 15 is 0 Å². The number of aromatic carboxylic acids is 1. The molecule has 1 heterocycles. The highest BCUT2D eigenvalue weighted by atomic mass is 16.4. The van der Waals surface area contributed by atoms with Crippen molar-refractivity contribution in [3.8, 4) is 0 Å². The van der Waals surface area contributed by atoms with Crippen LogP contribution in [0.4, 0.5) is 4.79 Å². The van der Waals surface area contributed by atoms with Crippen molar-refractivity contribution in [2.24, 2.45) is 0 Å². The normalized spacial score (nSPS) is 17.7. The first-order valence-corrected chi connectivity index (χ1v) is 6.68. The molecule has 0 spiro atoms. The average molecular weight is 291 g/mol. The van der Waals surface area contributed by atoms with Crippen molar-refractivity contribution in [1.82, 2.24) is 16.0 Å². The number of piperidine rings is 1. The van der Waals surface area contributed by atoms with Crippen LogP contribution in [0.15, 0.2) is 24.3 Å². The maximum atomic E-state index is 11.7. The van der Waals surface area contributed by atoms with Crippen LogP contribution >= 0.6 is 0 Å². The third kappa shape index (κ3) is 4.48. The maximum absolute atomic E-state index is 11.7. The molecule has 2 rings (SSSR count). The molecule has 0 radical (unpaired) electrons. The summed E-state index contributed by atoms with van der Waals surface area (Å²) in [4.78, 5) is 33.4. The van der Waals surface area contributed by atoms with Gasteiger partial charge in [0.25, 0.3) is 0 Å². The Morgan fingerprint density at radius 2 is 2.00 bits per heavy atom. The predicted octanol–water partition coefficient (Wildman–Crippen LogP) is 0.463. The van der Waals surface area contributed by atoms with E-state index in [9.17, 15) is 14.4 Å². The lowest BCUT2D eigenvalue weighted by atomic mass is 10.1. The number of rotatable bonds is 4. The van der Waals surface area contributed by atoms with Gasteiger partial charge >= 0.3 is 12.0 Å². The standard InChI is InChI=1S/C14H17N3O4/c18-12-6-5-11(8-15-12)17-14(21)16-7-9-1-3-10(4-2-9)13(19)20/h1-4,11H,5-8H2,(H,15,18)(H,19,20)(H2,16,17,21). The number of nitrogens with one attached hydrogen (secondary N) is 3. The Morgan fingerprint density at radius 3 is 2.57 bits per heavy atom. The SMILES string of the molecule is O=C1CCC(NC(=O)NCc2ccc(C(=O)O)cc2)CN1. The Kier molecular flexibility index (Phi) is 4.76. The van der Waals surface area contributed by atoms with Crippen LogP contribution in [0.5, 0.6) is 0 Å². The lowest BCUT2D eigenvalue weighted by Crippen LogP contribution is -2.50. The van der Waals surface area contributed by atoms with Crippen LogP contribution in [0.1, 0.15) is 28.8 Å². The summed E-state index contributed by atoms with van der Waals surface area (Å²) >= 11 is 0. The van der Waals surface area contributed by atoms with Gasteiger partial charge < -0.3 is 21.1 Å². The van der Waals surface area contributed by atoms with E-state index in [-0.39, 0.29) is 23.5 Å². The molecule has 1 aromatic carbocycles. The van der Waals surface area contributed by atoms with Crippen molar-refractivity contribution in [3.63, 3.8) is 0 Å². The molecule has 3 amide bonds. The second-order valence-electron chi connectivity index (χ2n) is 4.87. The van der Waals surface area contributed by atoms with E-state index in [2.05, 4.69) is 16.0 Å². The zero-order chi connectivity index (χ0) is 15.2. The number of urea groups is 1. The van der Waals surface area contributed by atoms with Crippen molar-refractivity contribution < 1.29 is 19.5 Å². The van der Waals surface area contributed by atoms with Gasteiger partial charge in [0.2, 0.25) is 5.91 Å². The minimum Gasteiger partial charge on any atom is -0.478 e. The van der Waals surface area contributed by atoms with Crippen LogP contribution in [0.2, 0.25) is 0 Å². The number of hydrogen-bond donors (Lipinski definition) is 4. The molecule has 21 heavy (non-hydrogen) atoms. The van der Waals surface area contributed by atoms with Crippen molar-refractivity contribution >= 4 is 17.9 Å². The van der Waals surface area contributed by atoms with Crippen LogP contribution in [-0.4, -0.2) is 35.6 Å². The average Bonchev–Trinajstić information content (AvgIpc) is 2.48. The Labute approximate surface area is 121 Å². The first-order valence-electron chi connectivity index (χ1n) is 6.68. The van der Waals surface area contributed by atoms with E-state index in [0.29, 0.717) is 25.9 Å². The van der Waals surface area contributed by atoms with Crippen LogP contribution in [0.25, 0.3) is 0 Å². The second kappa shape index (κ2) is 6.74. The highest BCUT2D eigenvalue weighted by Gasteiger charge is 2.19. The summed E-state index contributed by atoms with van der Waals surface area (Å²) in [7, 11) is 0. The molecule has 112 valence electrons. The number of carbonyl (C=O) groups excluding carboxylic acids is 2. The molecule has 1 unspecified atom stereocenters. The zero-order valence-corrected chi connectivity index (χ0v) is 11.4. The highest BCUT2D eigenvalue weighted by Crippen LogP contribution is 2.05. The van der Waals surface area contributed by atoms with E-state index in [1.54, 1.807) is 12.1 Å². The minimum absolute atomic E-state index is 0.00646. The van der Waals surface area contributed by atoms with Gasteiger partial charge in [-0.15, -0.1) is 0 Å². The van der Waals surface area contributed by atoms with Gasteiger partial charge in [0.05, 0.1) is 5.56 Å². The van der Waals surface area contributed by atoms with Gasteiger partial charge in [-0.05, 0) is 24.1 Å². The van der Waals surface area contributed by atoms with Gasteiger partial charge in [-0.1, -0.05) is 12.1 Å². The van der Waals surface area contributed by atoms with E-state index < -0.39 is 5.97 Å². The number of carboxylic acids is 1. The van der Waals surface area contributed by atoms with Gasteiger partial charge in [0, 0.05) is 25.6 Å². The monoisotopic (exact) mass is 291 g/mol. The smallest absolute Gasteiger partial charge is 0.335 e. The summed E-state index contributed by atoms with van der Waals surface area (Å²) in [5.41, 5.74) is 1.02. The molecular weight excluding hydrogens is 274 g/mol. The molecule has 7 heteroatoms. The van der Waals surface area contributed by atoms with E-state index in [0.717, 1.165) is 5.56 Å². The quantitative estimate of drug-likeness (QED) is 0.646. The summed E-state index contributed by atoms with van der Waals surface area (Å²) in [6, 6.07) is 5.94. The van der Waals surface area contributed by atoms with Crippen LogP contribution < -0.4 is 16.0 Å². The molecule has 1 atom stereocenters. The summed E-state index contributed by atoms with van der Waals surface area (Å²) in [5.74, 6) is -0.974. The molecule has 1 aliphatic rings. The highest BCUT2D eigenvalue weighted by molar-refractivity contribution is 5.87. The second-order valence-corrected chi connectivity index (χ2v) is 4.87. The first-order chi connectivity index (χ1) is 10.0. The van der Waals surface area contributed by atoms with Gasteiger partial charge in [-0.3, -0.25) is 4.79 Å². The molecule has 1 aliphatic heterocycles. The number of carbonyl (C=O) groups is 3. The Balaban J connectivity index is 1.75. The lowest BCUT2D eigenvalue weighted by molar-refractivity contribution is -0.122. The summed E-state index contributed by atoms with van der Waals surface area (Å²) in [6.07, 6.45) is 1.05. The topological polar surface area (TPSA) is 108 Å². The summed E-state index contributed by atoms with van der Waals surface area (Å²) in [6.45, 7) is 0.754. The molecule has 0 bridgehead atoms. The van der Waals surface area contributed by atoms with Gasteiger partial charge in [0.1, 0.15) is 0 Å². The van der Waals surface area contributed by atoms with Gasteiger partial charge in [-0.2, -0.15) is 0 Å². The van der Waals surface area contributed by atoms with E-state index in [4.69, 9.17) is 5.11 Å². The lowest BCUT2D eigenvalue weighted by Gasteiger charge is -2.23. The first kappa shape index (κ1) is 14.8. The number of hydrogen-bond acceptors (Lipinski definition) is 3. The van der Waals surface area contributed by atoms with Crippen LogP contribution in [-0.2, 0) is 11.3 Å². The minimum atomic E-state index is -0.980. The molecule has 1 fully saturated rings. The molecule has 1 saturated heterocycles. The van der Waals surface area contributed by atoms with Crippen LogP contribution in [0.3, 0.4) is 0 Å². The van der Waals surface area contributed by atoms with E-state index in [1.165, 1.54) is 12.1 Å². The summed E-state index contributed by atoms with van der Waals surface area (Å²) < 4.78 is 0. The Bertz CT molecular complexity index is 532. The number of carboxylic acid groups (broad SMARTS) is 1. The van der Waals surface area contributed by atoms with Gasteiger partial charge in [-0.25, -0.2) is 9.59 Å². The Hall–Kier alpha value is -2.57. The summed E-state index contributed by atoms with van der Waals surface area (Å²) in [5, 5.41) is 17.0. The molecule has 4 N–H and O–H groups in total. The third-order valence-electron chi connectivity index (χ3n) is 3.25. The fourth-order valence-electron chi connectivity index (χ4n) is 2.04. The molecule has 1 aromatic rings. The fourth-order valence-corrected chi connectivity index (χ4v) is 2.04. The maximum Gasteiger partial charge on any atom is 0.335 e. The van der Waals surface area contributed by atoms with Crippen molar-refractivity contribution in [1.29, 1.82) is 0 Å². The fraction of sp³-hybridized carbons (Fsp3) is 0.357. The predicted molar refractivity (Wildman–Crippen MR) is 74.8 cm³/mol. The number of amides is 3. The molecule has 0 aliphatic carbocycles. The molecule has 7 nitrogen and oxygen atoms in total. The zero-order valence-electron chi connectivity index (χ0n) is 11.4. The molecular formula is C14H17N3O4. The largest absolute Gasteiger partial charge is 0.478 e. The third-order valence-corrected chi connectivity index (χ3v) is 3.25. The molecule has 0 saturated carbocycles. The van der Waals surface area contributed by atoms with Crippen molar-refractivity contribution in [3.05, 3.63) is 35.4 Å².